The largest absolute Gasteiger partial charge is 0.349 e. The van der Waals surface area contributed by atoms with Gasteiger partial charge in [0.2, 0.25) is 0 Å². The Kier molecular flexibility index (Phi) is 4.30. The highest BCUT2D eigenvalue weighted by molar-refractivity contribution is 5.91. The van der Waals surface area contributed by atoms with Crippen molar-refractivity contribution in [3.8, 4) is 5.69 Å². The zero-order chi connectivity index (χ0) is 17.9. The van der Waals surface area contributed by atoms with E-state index < -0.39 is 0 Å². The molecule has 0 spiro atoms. The normalized spacial score (nSPS) is 12.8. The van der Waals surface area contributed by atoms with E-state index in [0.29, 0.717) is 13.1 Å². The van der Waals surface area contributed by atoms with Gasteiger partial charge >= 0.3 is 0 Å². The summed E-state index contributed by atoms with van der Waals surface area (Å²) in [5, 5.41) is 15.4. The van der Waals surface area contributed by atoms with Gasteiger partial charge in [0, 0.05) is 12.6 Å². The molecule has 4 rings (SSSR count). The molecule has 2 heterocycles. The molecule has 1 aliphatic rings. The van der Waals surface area contributed by atoms with Gasteiger partial charge in [0.15, 0.2) is 5.69 Å². The fraction of sp³-hybridized carbons (Fsp3) is 0.278. The summed E-state index contributed by atoms with van der Waals surface area (Å²) in [6.45, 7) is 0.618. The third-order valence-corrected chi connectivity index (χ3v) is 4.34. The summed E-state index contributed by atoms with van der Waals surface area (Å²) >= 11 is 0. The highest BCUT2D eigenvalue weighted by atomic mass is 16.2. The van der Waals surface area contributed by atoms with Gasteiger partial charge in [-0.3, -0.25) is 9.59 Å². The predicted molar refractivity (Wildman–Crippen MR) is 94.2 cm³/mol. The molecule has 0 aliphatic heterocycles. The molecule has 0 fully saturated rings. The quantitative estimate of drug-likeness (QED) is 0.732. The number of nitrogens with zero attached hydrogens (tertiary/aromatic N) is 5. The molecular formula is C18H18N6O2. The SMILES string of the molecule is O=C(NCCn1nc2c(cc1=O)CCC2)c1cnn(-c2ccccc2)n1. The molecule has 0 radical (unpaired) electrons. The van der Waals surface area contributed by atoms with Crippen LogP contribution in [0.2, 0.25) is 0 Å². The first-order chi connectivity index (χ1) is 12.7. The Morgan fingerprint density at radius 1 is 1.15 bits per heavy atom. The Labute approximate surface area is 149 Å². The molecule has 0 bridgehead atoms. The van der Waals surface area contributed by atoms with Crippen molar-refractivity contribution in [2.24, 2.45) is 0 Å². The number of para-hydroxylation sites is 1. The summed E-state index contributed by atoms with van der Waals surface area (Å²) in [7, 11) is 0. The van der Waals surface area contributed by atoms with Gasteiger partial charge in [-0.25, -0.2) is 4.68 Å². The molecule has 1 aliphatic carbocycles. The first-order valence-electron chi connectivity index (χ1n) is 8.56. The maximum atomic E-state index is 12.2. The van der Waals surface area contributed by atoms with Crippen LogP contribution in [0.15, 0.2) is 47.4 Å². The van der Waals surface area contributed by atoms with Crippen LogP contribution in [0.3, 0.4) is 0 Å². The van der Waals surface area contributed by atoms with Crippen LogP contribution in [-0.2, 0) is 19.4 Å². The van der Waals surface area contributed by atoms with Gasteiger partial charge in [0.1, 0.15) is 0 Å². The maximum absolute atomic E-state index is 12.2. The Morgan fingerprint density at radius 3 is 2.85 bits per heavy atom. The van der Waals surface area contributed by atoms with Gasteiger partial charge in [-0.05, 0) is 37.0 Å². The first kappa shape index (κ1) is 16.2. The number of hydrogen-bond donors (Lipinski definition) is 1. The molecule has 3 aromatic rings. The fourth-order valence-electron chi connectivity index (χ4n) is 3.02. The van der Waals surface area contributed by atoms with Crippen LogP contribution < -0.4 is 10.9 Å². The number of hydrogen-bond acceptors (Lipinski definition) is 5. The van der Waals surface area contributed by atoms with Crippen molar-refractivity contribution in [2.75, 3.05) is 6.54 Å². The topological polar surface area (TPSA) is 94.7 Å². The van der Waals surface area contributed by atoms with Crippen molar-refractivity contribution >= 4 is 5.91 Å². The number of carbonyl (C=O) groups is 1. The lowest BCUT2D eigenvalue weighted by molar-refractivity contribution is 0.0946. The molecule has 0 saturated carbocycles. The highest BCUT2D eigenvalue weighted by Crippen LogP contribution is 2.16. The summed E-state index contributed by atoms with van der Waals surface area (Å²) < 4.78 is 1.41. The van der Waals surface area contributed by atoms with E-state index in [1.165, 1.54) is 15.7 Å². The Morgan fingerprint density at radius 2 is 2.00 bits per heavy atom. The zero-order valence-corrected chi connectivity index (χ0v) is 14.1. The minimum absolute atomic E-state index is 0.130. The van der Waals surface area contributed by atoms with Crippen LogP contribution in [0.4, 0.5) is 0 Å². The second kappa shape index (κ2) is 6.91. The molecule has 0 atom stereocenters. The van der Waals surface area contributed by atoms with Crippen LogP contribution in [0, 0.1) is 0 Å². The lowest BCUT2D eigenvalue weighted by Crippen LogP contribution is -2.32. The van der Waals surface area contributed by atoms with Crippen LogP contribution in [0.25, 0.3) is 5.69 Å². The Hall–Kier alpha value is -3.29. The van der Waals surface area contributed by atoms with Crippen LogP contribution in [-0.4, -0.2) is 37.2 Å². The number of fused-ring (bicyclic) bond motifs is 1. The Balaban J connectivity index is 1.38. The van der Waals surface area contributed by atoms with E-state index in [-0.39, 0.29) is 17.2 Å². The van der Waals surface area contributed by atoms with Gasteiger partial charge in [0.25, 0.3) is 11.5 Å². The maximum Gasteiger partial charge on any atom is 0.273 e. The van der Waals surface area contributed by atoms with E-state index in [1.807, 2.05) is 30.3 Å². The van der Waals surface area contributed by atoms with E-state index in [2.05, 4.69) is 20.6 Å². The lowest BCUT2D eigenvalue weighted by atomic mass is 10.2. The summed E-state index contributed by atoms with van der Waals surface area (Å²) in [5.74, 6) is -0.332. The Bertz CT molecular complexity index is 992. The minimum atomic E-state index is -0.332. The van der Waals surface area contributed by atoms with Crippen molar-refractivity contribution < 1.29 is 4.79 Å². The van der Waals surface area contributed by atoms with Crippen LogP contribution in [0.5, 0.6) is 0 Å². The fourth-order valence-corrected chi connectivity index (χ4v) is 3.02. The smallest absolute Gasteiger partial charge is 0.273 e. The average molecular weight is 350 g/mol. The molecule has 2 aromatic heterocycles. The molecule has 1 N–H and O–H groups in total. The van der Waals surface area contributed by atoms with E-state index in [0.717, 1.165) is 36.2 Å². The molecule has 8 nitrogen and oxygen atoms in total. The summed E-state index contributed by atoms with van der Waals surface area (Å²) in [5.41, 5.74) is 2.91. The van der Waals surface area contributed by atoms with Crippen molar-refractivity contribution in [2.45, 2.75) is 25.8 Å². The van der Waals surface area contributed by atoms with Crippen LogP contribution in [0.1, 0.15) is 28.2 Å². The van der Waals surface area contributed by atoms with Crippen molar-refractivity contribution in [3.05, 3.63) is 69.9 Å². The second-order valence-electron chi connectivity index (χ2n) is 6.14. The van der Waals surface area contributed by atoms with Gasteiger partial charge in [0.05, 0.1) is 24.1 Å². The lowest BCUT2D eigenvalue weighted by Gasteiger charge is -2.07. The third-order valence-electron chi connectivity index (χ3n) is 4.34. The van der Waals surface area contributed by atoms with E-state index in [4.69, 9.17) is 0 Å². The predicted octanol–water partition coefficient (Wildman–Crippen LogP) is 0.743. The second-order valence-corrected chi connectivity index (χ2v) is 6.14. The van der Waals surface area contributed by atoms with Crippen molar-refractivity contribution in [3.63, 3.8) is 0 Å². The third kappa shape index (κ3) is 3.26. The molecule has 0 saturated heterocycles. The number of rotatable bonds is 5. The van der Waals surface area contributed by atoms with E-state index in [1.54, 1.807) is 6.07 Å². The van der Waals surface area contributed by atoms with Gasteiger partial charge in [-0.1, -0.05) is 18.2 Å². The van der Waals surface area contributed by atoms with E-state index in [9.17, 15) is 9.59 Å². The molecule has 8 heteroatoms. The highest BCUT2D eigenvalue weighted by Gasteiger charge is 2.15. The van der Waals surface area contributed by atoms with Gasteiger partial charge in [-0.2, -0.15) is 15.0 Å². The van der Waals surface area contributed by atoms with Crippen molar-refractivity contribution in [1.29, 1.82) is 0 Å². The minimum Gasteiger partial charge on any atom is -0.349 e. The molecule has 26 heavy (non-hydrogen) atoms. The molecule has 0 unspecified atom stereocenters. The average Bonchev–Trinajstić information content (AvgIpc) is 3.31. The van der Waals surface area contributed by atoms with Gasteiger partial charge < -0.3 is 5.32 Å². The number of amides is 1. The summed E-state index contributed by atoms with van der Waals surface area (Å²) in [4.78, 5) is 25.7. The molecule has 1 amide bonds. The number of carbonyl (C=O) groups excluding carboxylic acids is 1. The zero-order valence-electron chi connectivity index (χ0n) is 14.1. The number of nitrogens with one attached hydrogen (secondary N) is 1. The molecule has 1 aromatic carbocycles. The number of benzene rings is 1. The van der Waals surface area contributed by atoms with Crippen LogP contribution >= 0.6 is 0 Å². The summed E-state index contributed by atoms with van der Waals surface area (Å²) in [6.07, 6.45) is 4.29. The monoisotopic (exact) mass is 350 g/mol. The first-order valence-corrected chi connectivity index (χ1v) is 8.56. The number of aromatic nitrogens is 5. The molecular weight excluding hydrogens is 332 g/mol. The molecule has 132 valence electrons. The van der Waals surface area contributed by atoms with Crippen molar-refractivity contribution in [1.82, 2.24) is 30.1 Å². The standard InChI is InChI=1S/C18H18N6O2/c25-17-11-13-5-4-8-15(13)21-23(17)10-9-19-18(26)16-12-20-24(22-16)14-6-2-1-3-7-14/h1-3,6-7,11-12H,4-5,8-10H2,(H,19,26). The number of aryl methyl sites for hydroxylation is 2. The van der Waals surface area contributed by atoms with E-state index >= 15 is 0 Å². The summed E-state index contributed by atoms with van der Waals surface area (Å²) in [6, 6.07) is 11.0. The van der Waals surface area contributed by atoms with Gasteiger partial charge in [-0.15, -0.1) is 5.10 Å².